The SMILES string of the molecule is CC(C)C[C@H](N)C(=O)N(C)CCCC1CC(c2ccccc2)NN1.Cl. The number of carbonyl (C=O) groups excluding carboxylic acids is 1. The Kier molecular flexibility index (Phi) is 9.43. The van der Waals surface area contributed by atoms with Gasteiger partial charge in [0.2, 0.25) is 5.91 Å². The van der Waals surface area contributed by atoms with Gasteiger partial charge in [-0.1, -0.05) is 44.2 Å². The van der Waals surface area contributed by atoms with Gasteiger partial charge in [0.25, 0.3) is 0 Å². The van der Waals surface area contributed by atoms with E-state index in [0.29, 0.717) is 18.0 Å². The van der Waals surface area contributed by atoms with E-state index < -0.39 is 0 Å². The van der Waals surface area contributed by atoms with Gasteiger partial charge in [0, 0.05) is 25.7 Å². The lowest BCUT2D eigenvalue weighted by molar-refractivity contribution is -0.131. The zero-order valence-corrected chi connectivity index (χ0v) is 16.4. The molecule has 1 aromatic rings. The molecule has 2 rings (SSSR count). The first-order chi connectivity index (χ1) is 11.5. The summed E-state index contributed by atoms with van der Waals surface area (Å²) in [5.74, 6) is 0.504. The molecule has 0 spiro atoms. The quantitative estimate of drug-likeness (QED) is 0.659. The van der Waals surface area contributed by atoms with Gasteiger partial charge < -0.3 is 10.6 Å². The Hall–Kier alpha value is -1.14. The highest BCUT2D eigenvalue weighted by atomic mass is 35.5. The average molecular weight is 369 g/mol. The number of carbonyl (C=O) groups is 1. The molecule has 0 bridgehead atoms. The highest BCUT2D eigenvalue weighted by Crippen LogP contribution is 2.23. The fourth-order valence-electron chi connectivity index (χ4n) is 3.29. The van der Waals surface area contributed by atoms with Crippen LogP contribution in [0.5, 0.6) is 0 Å². The van der Waals surface area contributed by atoms with E-state index in [1.807, 2.05) is 13.1 Å². The first kappa shape index (κ1) is 21.9. The van der Waals surface area contributed by atoms with Crippen LogP contribution < -0.4 is 16.6 Å². The van der Waals surface area contributed by atoms with E-state index >= 15 is 0 Å². The third-order valence-electron chi connectivity index (χ3n) is 4.65. The number of nitrogens with two attached hydrogens (primary N) is 1. The van der Waals surface area contributed by atoms with Crippen LogP contribution in [0.2, 0.25) is 0 Å². The van der Waals surface area contributed by atoms with Crippen molar-refractivity contribution in [2.45, 2.75) is 57.7 Å². The van der Waals surface area contributed by atoms with Crippen LogP contribution >= 0.6 is 12.4 Å². The predicted molar refractivity (Wildman–Crippen MR) is 105 cm³/mol. The highest BCUT2D eigenvalue weighted by molar-refractivity contribution is 5.85. The van der Waals surface area contributed by atoms with Gasteiger partial charge in [0.1, 0.15) is 0 Å². The van der Waals surface area contributed by atoms with Crippen LogP contribution in [0.25, 0.3) is 0 Å². The molecule has 4 N–H and O–H groups in total. The second-order valence-electron chi connectivity index (χ2n) is 7.32. The number of halogens is 1. The maximum absolute atomic E-state index is 12.2. The van der Waals surface area contributed by atoms with Gasteiger partial charge in [-0.3, -0.25) is 15.6 Å². The Morgan fingerprint density at radius 2 is 1.96 bits per heavy atom. The number of hydrogen-bond acceptors (Lipinski definition) is 4. The molecule has 142 valence electrons. The topological polar surface area (TPSA) is 70.4 Å². The van der Waals surface area contributed by atoms with Crippen molar-refractivity contribution in [3.63, 3.8) is 0 Å². The molecule has 0 aromatic heterocycles. The number of likely N-dealkylation sites (N-methyl/N-ethyl adjacent to an activating group) is 1. The van der Waals surface area contributed by atoms with Gasteiger partial charge in [0.05, 0.1) is 6.04 Å². The summed E-state index contributed by atoms with van der Waals surface area (Å²) < 4.78 is 0. The molecule has 0 radical (unpaired) electrons. The second kappa shape index (κ2) is 10.8. The molecule has 0 saturated carbocycles. The first-order valence-electron chi connectivity index (χ1n) is 9.04. The minimum Gasteiger partial charge on any atom is -0.344 e. The lowest BCUT2D eigenvalue weighted by Gasteiger charge is -2.22. The Morgan fingerprint density at radius 3 is 2.60 bits per heavy atom. The molecule has 6 heteroatoms. The molecule has 1 aliphatic rings. The molecular formula is C19H33ClN4O. The van der Waals surface area contributed by atoms with Crippen molar-refractivity contribution in [1.29, 1.82) is 0 Å². The van der Waals surface area contributed by atoms with Crippen LogP contribution in [0.1, 0.15) is 51.1 Å². The Bertz CT molecular complexity index is 511. The summed E-state index contributed by atoms with van der Waals surface area (Å²) in [7, 11) is 1.86. The zero-order valence-electron chi connectivity index (χ0n) is 15.6. The van der Waals surface area contributed by atoms with Gasteiger partial charge >= 0.3 is 0 Å². The first-order valence-corrected chi connectivity index (χ1v) is 9.04. The summed E-state index contributed by atoms with van der Waals surface area (Å²) >= 11 is 0. The third kappa shape index (κ3) is 6.94. The van der Waals surface area contributed by atoms with Crippen LogP contribution in [0.4, 0.5) is 0 Å². The van der Waals surface area contributed by atoms with Gasteiger partial charge in [-0.05, 0) is 37.2 Å². The summed E-state index contributed by atoms with van der Waals surface area (Å²) in [4.78, 5) is 14.0. The summed E-state index contributed by atoms with van der Waals surface area (Å²) in [6.45, 7) is 4.95. The van der Waals surface area contributed by atoms with Crippen LogP contribution in [-0.2, 0) is 4.79 Å². The van der Waals surface area contributed by atoms with E-state index in [9.17, 15) is 4.79 Å². The molecule has 1 amide bonds. The lowest BCUT2D eigenvalue weighted by atomic mass is 9.99. The molecule has 1 aromatic carbocycles. The van der Waals surface area contributed by atoms with Crippen LogP contribution in [0.15, 0.2) is 30.3 Å². The maximum Gasteiger partial charge on any atom is 0.239 e. The monoisotopic (exact) mass is 368 g/mol. The smallest absolute Gasteiger partial charge is 0.239 e. The number of nitrogens with one attached hydrogen (secondary N) is 2. The standard InChI is InChI=1S/C19H32N4O.ClH/c1-14(2)12-17(20)19(24)23(3)11-7-10-16-13-18(22-21-16)15-8-5-4-6-9-15;/h4-6,8-9,14,16-18,21-22H,7,10-13,20H2,1-3H3;1H/t16?,17-,18?;/m0./s1. The van der Waals surface area contributed by atoms with Crippen molar-refractivity contribution in [2.75, 3.05) is 13.6 Å². The predicted octanol–water partition coefficient (Wildman–Crippen LogP) is 2.63. The minimum absolute atomic E-state index is 0. The summed E-state index contributed by atoms with van der Waals surface area (Å²) in [6, 6.07) is 11.0. The van der Waals surface area contributed by atoms with E-state index in [2.05, 4.69) is 49.0 Å². The van der Waals surface area contributed by atoms with Crippen molar-refractivity contribution in [1.82, 2.24) is 15.8 Å². The van der Waals surface area contributed by atoms with E-state index in [0.717, 1.165) is 32.2 Å². The average Bonchev–Trinajstić information content (AvgIpc) is 3.03. The summed E-state index contributed by atoms with van der Waals surface area (Å²) in [6.07, 6.45) is 3.86. The van der Waals surface area contributed by atoms with Crippen molar-refractivity contribution < 1.29 is 4.79 Å². The molecule has 2 unspecified atom stereocenters. The van der Waals surface area contributed by atoms with Gasteiger partial charge in [0.15, 0.2) is 0 Å². The number of benzene rings is 1. The van der Waals surface area contributed by atoms with E-state index in [-0.39, 0.29) is 24.4 Å². The Balaban J connectivity index is 0.00000312. The largest absolute Gasteiger partial charge is 0.344 e. The van der Waals surface area contributed by atoms with Crippen molar-refractivity contribution >= 4 is 18.3 Å². The van der Waals surface area contributed by atoms with Crippen molar-refractivity contribution in [2.24, 2.45) is 11.7 Å². The van der Waals surface area contributed by atoms with Gasteiger partial charge in [-0.25, -0.2) is 0 Å². The minimum atomic E-state index is -0.372. The van der Waals surface area contributed by atoms with Gasteiger partial charge in [-0.2, -0.15) is 0 Å². The number of amides is 1. The molecule has 1 saturated heterocycles. The highest BCUT2D eigenvalue weighted by Gasteiger charge is 2.25. The fraction of sp³-hybridized carbons (Fsp3) is 0.632. The molecule has 5 nitrogen and oxygen atoms in total. The normalized spacial score (nSPS) is 21.0. The molecule has 3 atom stereocenters. The lowest BCUT2D eigenvalue weighted by Crippen LogP contribution is -2.43. The van der Waals surface area contributed by atoms with E-state index in [1.165, 1.54) is 5.56 Å². The van der Waals surface area contributed by atoms with Crippen molar-refractivity contribution in [3.05, 3.63) is 35.9 Å². The molecule has 1 heterocycles. The van der Waals surface area contributed by atoms with Gasteiger partial charge in [-0.15, -0.1) is 12.4 Å². The molecule has 1 fully saturated rings. The molecular weight excluding hydrogens is 336 g/mol. The summed E-state index contributed by atoms with van der Waals surface area (Å²) in [5.41, 5.74) is 14.1. The Morgan fingerprint density at radius 1 is 1.28 bits per heavy atom. The number of hydrogen-bond donors (Lipinski definition) is 3. The van der Waals surface area contributed by atoms with E-state index in [4.69, 9.17) is 5.73 Å². The molecule has 25 heavy (non-hydrogen) atoms. The fourth-order valence-corrected chi connectivity index (χ4v) is 3.29. The van der Waals surface area contributed by atoms with Crippen LogP contribution in [-0.4, -0.2) is 36.5 Å². The molecule has 0 aliphatic carbocycles. The number of hydrazine groups is 1. The van der Waals surface area contributed by atoms with Crippen LogP contribution in [0.3, 0.4) is 0 Å². The van der Waals surface area contributed by atoms with Crippen LogP contribution in [0, 0.1) is 5.92 Å². The Labute approximate surface area is 158 Å². The summed E-state index contributed by atoms with van der Waals surface area (Å²) in [5, 5.41) is 0. The third-order valence-corrected chi connectivity index (χ3v) is 4.65. The number of rotatable bonds is 8. The van der Waals surface area contributed by atoms with Crippen molar-refractivity contribution in [3.8, 4) is 0 Å². The zero-order chi connectivity index (χ0) is 17.5. The second-order valence-corrected chi connectivity index (χ2v) is 7.32. The number of nitrogens with zero attached hydrogens (tertiary/aromatic N) is 1. The maximum atomic E-state index is 12.2. The van der Waals surface area contributed by atoms with E-state index in [1.54, 1.807) is 4.90 Å². The molecule has 1 aliphatic heterocycles.